The van der Waals surface area contributed by atoms with Crippen LogP contribution in [0.3, 0.4) is 0 Å². The van der Waals surface area contributed by atoms with Crippen LogP contribution in [-0.4, -0.2) is 49.9 Å². The second-order valence-electron chi connectivity index (χ2n) is 7.92. The second kappa shape index (κ2) is 9.62. The number of cyclic esters (lactones) is 1. The van der Waals surface area contributed by atoms with Crippen LogP contribution < -0.4 is 10.2 Å². The van der Waals surface area contributed by atoms with Crippen LogP contribution in [-0.2, 0) is 10.9 Å². The number of amides is 1. The molecule has 2 N–H and O–H groups in total. The largest absolute Gasteiger partial charge is 0.447 e. The first-order valence-electron chi connectivity index (χ1n) is 10.5. The number of hydrogen-bond acceptors (Lipinski definition) is 8. The summed E-state index contributed by atoms with van der Waals surface area (Å²) in [5.41, 5.74) is -0.266. The third-order valence-corrected chi connectivity index (χ3v) is 5.53. The van der Waals surface area contributed by atoms with Gasteiger partial charge in [0.2, 0.25) is 5.95 Å². The standard InChI is InChI=1S/C22H20ClF3N6O3/c1-11(30-20-27-4-3-18(31-20)32-17(12(2)33)10-35-21(32)34)19-28-8-14(9-29-19)13-5-15(22(24,25)26)7-16(23)6-13/h3-9,11-12,17,33H,10H2,1-2H3,(H,27,30,31)/t11?,12-,17-/m1/s1. The van der Waals surface area contributed by atoms with Gasteiger partial charge in [0.1, 0.15) is 24.3 Å². The highest BCUT2D eigenvalue weighted by molar-refractivity contribution is 6.31. The number of alkyl halides is 3. The van der Waals surface area contributed by atoms with Gasteiger partial charge in [0.05, 0.1) is 17.7 Å². The smallest absolute Gasteiger partial charge is 0.416 e. The fraction of sp³-hybridized carbons (Fsp3) is 0.318. The molecule has 1 amide bonds. The molecule has 0 saturated carbocycles. The molecule has 9 nitrogen and oxygen atoms in total. The maximum atomic E-state index is 13.1. The SMILES string of the molecule is CC(Nc1nccc(N2C(=O)OC[C@@H]2[C@@H](C)O)n1)c1ncc(-c2cc(Cl)cc(C(F)(F)F)c2)cn1. The molecule has 1 aromatic carbocycles. The molecule has 35 heavy (non-hydrogen) atoms. The van der Waals surface area contributed by atoms with Crippen molar-refractivity contribution in [2.75, 3.05) is 16.8 Å². The summed E-state index contributed by atoms with van der Waals surface area (Å²) in [5.74, 6) is 0.764. The highest BCUT2D eigenvalue weighted by Crippen LogP contribution is 2.34. The van der Waals surface area contributed by atoms with Crippen LogP contribution in [0.2, 0.25) is 5.02 Å². The lowest BCUT2D eigenvalue weighted by atomic mass is 10.1. The Morgan fingerprint density at radius 3 is 2.54 bits per heavy atom. The Kier molecular flexibility index (Phi) is 6.77. The van der Waals surface area contributed by atoms with Gasteiger partial charge in [-0.15, -0.1) is 0 Å². The number of aliphatic hydroxyl groups excluding tert-OH is 1. The monoisotopic (exact) mass is 508 g/mol. The second-order valence-corrected chi connectivity index (χ2v) is 8.35. The van der Waals surface area contributed by atoms with Crippen LogP contribution in [0.1, 0.15) is 31.3 Å². The summed E-state index contributed by atoms with van der Waals surface area (Å²) in [7, 11) is 0. The number of rotatable bonds is 6. The summed E-state index contributed by atoms with van der Waals surface area (Å²) in [6, 6.07) is 3.69. The predicted octanol–water partition coefficient (Wildman–Crippen LogP) is 4.48. The van der Waals surface area contributed by atoms with Crippen molar-refractivity contribution < 1.29 is 27.8 Å². The van der Waals surface area contributed by atoms with Crippen LogP contribution in [0.5, 0.6) is 0 Å². The molecule has 1 unspecified atom stereocenters. The zero-order valence-corrected chi connectivity index (χ0v) is 19.2. The summed E-state index contributed by atoms with van der Waals surface area (Å²) in [4.78, 5) is 30.3. The number of ether oxygens (including phenoxy) is 1. The molecule has 4 rings (SSSR count). The van der Waals surface area contributed by atoms with E-state index in [4.69, 9.17) is 16.3 Å². The van der Waals surface area contributed by atoms with E-state index in [2.05, 4.69) is 25.3 Å². The Bertz CT molecular complexity index is 1230. The molecule has 13 heteroatoms. The number of hydrogen-bond donors (Lipinski definition) is 2. The van der Waals surface area contributed by atoms with Crippen molar-refractivity contribution >= 4 is 29.5 Å². The molecule has 0 aliphatic carbocycles. The van der Waals surface area contributed by atoms with E-state index in [9.17, 15) is 23.1 Å². The highest BCUT2D eigenvalue weighted by atomic mass is 35.5. The van der Waals surface area contributed by atoms with E-state index in [0.717, 1.165) is 12.1 Å². The lowest BCUT2D eigenvalue weighted by Crippen LogP contribution is -2.41. The third kappa shape index (κ3) is 5.43. The lowest BCUT2D eigenvalue weighted by molar-refractivity contribution is -0.137. The Balaban J connectivity index is 1.51. The lowest BCUT2D eigenvalue weighted by Gasteiger charge is -2.23. The topological polar surface area (TPSA) is 113 Å². The third-order valence-electron chi connectivity index (χ3n) is 5.31. The van der Waals surface area contributed by atoms with Gasteiger partial charge in [0.25, 0.3) is 0 Å². The molecule has 1 aliphatic heterocycles. The molecular weight excluding hydrogens is 489 g/mol. The molecular formula is C22H20ClF3N6O3. The molecule has 3 aromatic rings. The normalized spacial score (nSPS) is 17.7. The Labute approximate surface area is 203 Å². The summed E-state index contributed by atoms with van der Waals surface area (Å²) in [6.45, 7) is 3.34. The van der Waals surface area contributed by atoms with Crippen LogP contribution in [0, 0.1) is 0 Å². The zero-order chi connectivity index (χ0) is 25.3. The van der Waals surface area contributed by atoms with Gasteiger partial charge in [-0.1, -0.05) is 11.6 Å². The number of nitrogens with zero attached hydrogens (tertiary/aromatic N) is 5. The van der Waals surface area contributed by atoms with Crippen molar-refractivity contribution in [2.24, 2.45) is 0 Å². The van der Waals surface area contributed by atoms with E-state index in [0.29, 0.717) is 11.4 Å². The number of carbonyl (C=O) groups is 1. The highest BCUT2D eigenvalue weighted by Gasteiger charge is 2.38. The minimum Gasteiger partial charge on any atom is -0.447 e. The first-order valence-corrected chi connectivity index (χ1v) is 10.8. The van der Waals surface area contributed by atoms with Crippen LogP contribution in [0.4, 0.5) is 29.7 Å². The predicted molar refractivity (Wildman–Crippen MR) is 121 cm³/mol. The summed E-state index contributed by atoms with van der Waals surface area (Å²) in [5, 5.41) is 12.9. The van der Waals surface area contributed by atoms with E-state index < -0.39 is 36.0 Å². The maximum absolute atomic E-state index is 13.1. The number of aliphatic hydroxyl groups is 1. The zero-order valence-electron chi connectivity index (χ0n) is 18.5. The number of nitrogens with one attached hydrogen (secondary N) is 1. The van der Waals surface area contributed by atoms with Crippen molar-refractivity contribution in [3.8, 4) is 11.1 Å². The van der Waals surface area contributed by atoms with Crippen molar-refractivity contribution in [1.82, 2.24) is 19.9 Å². The molecule has 3 heterocycles. The molecule has 1 aliphatic rings. The van der Waals surface area contributed by atoms with E-state index >= 15 is 0 Å². The summed E-state index contributed by atoms with van der Waals surface area (Å²) in [6.07, 6.45) is -1.74. The van der Waals surface area contributed by atoms with Crippen molar-refractivity contribution in [3.05, 3.63) is 59.3 Å². The van der Waals surface area contributed by atoms with Gasteiger partial charge in [-0.25, -0.2) is 19.7 Å². The maximum Gasteiger partial charge on any atom is 0.416 e. The number of aromatic nitrogens is 4. The van der Waals surface area contributed by atoms with Crippen molar-refractivity contribution in [2.45, 2.75) is 38.2 Å². The number of benzene rings is 1. The van der Waals surface area contributed by atoms with Crippen LogP contribution >= 0.6 is 11.6 Å². The van der Waals surface area contributed by atoms with Crippen LogP contribution in [0.15, 0.2) is 42.9 Å². The Hall–Kier alpha value is -3.51. The molecule has 184 valence electrons. The van der Waals surface area contributed by atoms with E-state index in [1.54, 1.807) is 13.8 Å². The molecule has 1 fully saturated rings. The first-order chi connectivity index (χ1) is 16.5. The minimum atomic E-state index is -4.53. The molecule has 3 atom stereocenters. The summed E-state index contributed by atoms with van der Waals surface area (Å²) >= 11 is 5.86. The number of carbonyl (C=O) groups excluding carboxylic acids is 1. The first kappa shape index (κ1) is 24.6. The van der Waals surface area contributed by atoms with Gasteiger partial charge in [0.15, 0.2) is 0 Å². The average Bonchev–Trinajstić information content (AvgIpc) is 3.20. The molecule has 1 saturated heterocycles. The van der Waals surface area contributed by atoms with Gasteiger partial charge in [0, 0.05) is 29.2 Å². The average molecular weight is 509 g/mol. The quantitative estimate of drug-likeness (QED) is 0.501. The summed E-state index contributed by atoms with van der Waals surface area (Å²) < 4.78 is 44.3. The van der Waals surface area contributed by atoms with Gasteiger partial charge in [-0.05, 0) is 43.7 Å². The Morgan fingerprint density at radius 2 is 1.89 bits per heavy atom. The van der Waals surface area contributed by atoms with Crippen LogP contribution in [0.25, 0.3) is 11.1 Å². The van der Waals surface area contributed by atoms with Gasteiger partial charge >= 0.3 is 12.3 Å². The van der Waals surface area contributed by atoms with Gasteiger partial charge < -0.3 is 15.2 Å². The fourth-order valence-corrected chi connectivity index (χ4v) is 3.73. The number of halogens is 4. The van der Waals surface area contributed by atoms with E-state index in [1.165, 1.54) is 35.6 Å². The fourth-order valence-electron chi connectivity index (χ4n) is 3.50. The molecule has 0 bridgehead atoms. The minimum absolute atomic E-state index is 0.0386. The number of anilines is 2. The molecule has 0 spiro atoms. The van der Waals surface area contributed by atoms with E-state index in [-0.39, 0.29) is 29.0 Å². The van der Waals surface area contributed by atoms with Crippen molar-refractivity contribution in [1.29, 1.82) is 0 Å². The molecule has 0 radical (unpaired) electrons. The van der Waals surface area contributed by atoms with Gasteiger partial charge in [-0.3, -0.25) is 4.90 Å². The van der Waals surface area contributed by atoms with Gasteiger partial charge in [-0.2, -0.15) is 18.2 Å². The molecule has 2 aromatic heterocycles. The Morgan fingerprint density at radius 1 is 1.17 bits per heavy atom. The van der Waals surface area contributed by atoms with Crippen molar-refractivity contribution in [3.63, 3.8) is 0 Å². The van der Waals surface area contributed by atoms with E-state index in [1.807, 2.05) is 0 Å².